The summed E-state index contributed by atoms with van der Waals surface area (Å²) in [5.41, 5.74) is 1.21. The fraction of sp³-hybridized carbons (Fsp3) is 0.182. The van der Waals surface area contributed by atoms with Crippen LogP contribution in [-0.2, 0) is 6.42 Å². The molecule has 0 fully saturated rings. The van der Waals surface area contributed by atoms with Crippen LogP contribution in [0.25, 0.3) is 22.3 Å². The monoisotopic (exact) mass is 392 g/mol. The zero-order valence-electron chi connectivity index (χ0n) is 14.6. The molecule has 0 nitrogen and oxygen atoms in total. The van der Waals surface area contributed by atoms with Crippen molar-refractivity contribution in [3.8, 4) is 22.3 Å². The summed E-state index contributed by atoms with van der Waals surface area (Å²) in [7, 11) is 0. The molecule has 0 saturated carbocycles. The molecule has 0 unspecified atom stereocenters. The second kappa shape index (κ2) is 8.13. The van der Waals surface area contributed by atoms with Crippen molar-refractivity contribution in [2.45, 2.75) is 26.2 Å². The smallest absolute Gasteiger partial charge is 0.133 e. The average molecular weight is 393 g/mol. The second-order valence-electron chi connectivity index (χ2n) is 6.39. The molecule has 0 saturated heterocycles. The van der Waals surface area contributed by atoms with Crippen LogP contribution in [0.3, 0.4) is 0 Å². The number of hydrogen-bond acceptors (Lipinski definition) is 0. The third-order valence-electron chi connectivity index (χ3n) is 4.36. The molecule has 0 aliphatic carbocycles. The van der Waals surface area contributed by atoms with E-state index in [1.54, 1.807) is 12.1 Å². The van der Waals surface area contributed by atoms with Crippen molar-refractivity contribution in [3.63, 3.8) is 0 Å². The van der Waals surface area contributed by atoms with Gasteiger partial charge in [-0.05, 0) is 59.9 Å². The van der Waals surface area contributed by atoms with Gasteiger partial charge in [-0.3, -0.25) is 0 Å². The van der Waals surface area contributed by atoms with Gasteiger partial charge in [0.05, 0.1) is 5.02 Å². The van der Waals surface area contributed by atoms with Crippen molar-refractivity contribution < 1.29 is 17.6 Å². The van der Waals surface area contributed by atoms with Gasteiger partial charge in [0.2, 0.25) is 0 Å². The van der Waals surface area contributed by atoms with Gasteiger partial charge >= 0.3 is 0 Å². The first-order valence-corrected chi connectivity index (χ1v) is 9.01. The Morgan fingerprint density at radius 2 is 1.48 bits per heavy atom. The second-order valence-corrected chi connectivity index (χ2v) is 6.80. The molecule has 3 aromatic rings. The summed E-state index contributed by atoms with van der Waals surface area (Å²) in [5.74, 6) is -2.92. The highest BCUT2D eigenvalue weighted by Crippen LogP contribution is 2.36. The van der Waals surface area contributed by atoms with Crippen molar-refractivity contribution in [2.75, 3.05) is 0 Å². The van der Waals surface area contributed by atoms with Crippen molar-refractivity contribution in [3.05, 3.63) is 82.4 Å². The third kappa shape index (κ3) is 4.33. The van der Waals surface area contributed by atoms with Gasteiger partial charge in [0.25, 0.3) is 0 Å². The van der Waals surface area contributed by atoms with E-state index in [4.69, 9.17) is 11.6 Å². The van der Waals surface area contributed by atoms with E-state index in [1.807, 2.05) is 0 Å². The predicted octanol–water partition coefficient (Wildman–Crippen LogP) is 7.57. The van der Waals surface area contributed by atoms with Crippen LogP contribution in [0.5, 0.6) is 0 Å². The Kier molecular flexibility index (Phi) is 5.85. The molecular weight excluding hydrogens is 376 g/mol. The molecule has 0 amide bonds. The number of benzene rings is 3. The van der Waals surface area contributed by atoms with Crippen molar-refractivity contribution in [2.24, 2.45) is 0 Å². The van der Waals surface area contributed by atoms with Crippen LogP contribution < -0.4 is 0 Å². The Bertz CT molecular complexity index is 939. The number of aryl methyl sites for hydroxylation is 1. The van der Waals surface area contributed by atoms with Gasteiger partial charge in [-0.25, -0.2) is 17.6 Å². The standard InChI is InChI=1S/C22H17ClF4/c1-2-3-4-13-5-6-18(20(26)7-13)14-10-19(23)22(21(27)11-14)15-8-16(24)12-17(25)9-15/h5-12H,2-4H2,1H3. The van der Waals surface area contributed by atoms with E-state index in [2.05, 4.69) is 6.92 Å². The lowest BCUT2D eigenvalue weighted by molar-refractivity contribution is 0.583. The first-order chi connectivity index (χ1) is 12.9. The van der Waals surface area contributed by atoms with E-state index in [-0.39, 0.29) is 27.3 Å². The van der Waals surface area contributed by atoms with Crippen molar-refractivity contribution >= 4 is 11.6 Å². The predicted molar refractivity (Wildman–Crippen MR) is 101 cm³/mol. The van der Waals surface area contributed by atoms with E-state index in [1.165, 1.54) is 12.1 Å². The lowest BCUT2D eigenvalue weighted by atomic mass is 9.97. The summed E-state index contributed by atoms with van der Waals surface area (Å²) in [6.45, 7) is 2.06. The largest absolute Gasteiger partial charge is 0.207 e. The number of halogens is 5. The highest BCUT2D eigenvalue weighted by molar-refractivity contribution is 6.33. The van der Waals surface area contributed by atoms with E-state index >= 15 is 0 Å². The van der Waals surface area contributed by atoms with Crippen molar-refractivity contribution in [1.82, 2.24) is 0 Å². The summed E-state index contributed by atoms with van der Waals surface area (Å²) < 4.78 is 56.1. The van der Waals surface area contributed by atoms with E-state index in [0.29, 0.717) is 6.07 Å². The molecule has 27 heavy (non-hydrogen) atoms. The molecule has 0 aliphatic heterocycles. The van der Waals surface area contributed by atoms with E-state index < -0.39 is 23.3 Å². The summed E-state index contributed by atoms with van der Waals surface area (Å²) in [5, 5.41) is -0.0514. The van der Waals surface area contributed by atoms with Crippen LogP contribution in [-0.4, -0.2) is 0 Å². The Balaban J connectivity index is 2.02. The fourth-order valence-corrected chi connectivity index (χ4v) is 3.35. The topological polar surface area (TPSA) is 0 Å². The molecule has 3 aromatic carbocycles. The van der Waals surface area contributed by atoms with Gasteiger partial charge in [-0.2, -0.15) is 0 Å². The van der Waals surface area contributed by atoms with Gasteiger partial charge in [0.1, 0.15) is 23.3 Å². The summed E-state index contributed by atoms with van der Waals surface area (Å²) in [6, 6.07) is 10.0. The quantitative estimate of drug-likeness (QED) is 0.393. The molecule has 3 rings (SSSR count). The molecule has 0 atom stereocenters. The molecule has 0 bridgehead atoms. The summed E-state index contributed by atoms with van der Waals surface area (Å²) in [4.78, 5) is 0. The van der Waals surface area contributed by atoms with Crippen LogP contribution in [0.1, 0.15) is 25.3 Å². The Morgan fingerprint density at radius 3 is 2.07 bits per heavy atom. The average Bonchev–Trinajstić information content (AvgIpc) is 2.58. The zero-order chi connectivity index (χ0) is 19.6. The molecule has 0 aliphatic rings. The van der Waals surface area contributed by atoms with Crippen LogP contribution >= 0.6 is 11.6 Å². The van der Waals surface area contributed by atoms with Gasteiger partial charge < -0.3 is 0 Å². The van der Waals surface area contributed by atoms with Crippen LogP contribution in [0, 0.1) is 23.3 Å². The highest BCUT2D eigenvalue weighted by Gasteiger charge is 2.16. The van der Waals surface area contributed by atoms with Gasteiger partial charge in [-0.1, -0.05) is 37.1 Å². The van der Waals surface area contributed by atoms with Gasteiger partial charge in [0, 0.05) is 17.2 Å². The number of unbranched alkanes of at least 4 members (excludes halogenated alkanes) is 1. The number of hydrogen-bond donors (Lipinski definition) is 0. The highest BCUT2D eigenvalue weighted by atomic mass is 35.5. The summed E-state index contributed by atoms with van der Waals surface area (Å²) in [6.07, 6.45) is 2.73. The molecular formula is C22H17ClF4. The minimum absolute atomic E-state index is 0.0167. The lowest BCUT2D eigenvalue weighted by Crippen LogP contribution is -1.94. The SMILES string of the molecule is CCCCc1ccc(-c2cc(F)c(-c3cc(F)cc(F)c3)c(Cl)c2)c(F)c1. The van der Waals surface area contributed by atoms with Crippen LogP contribution in [0.15, 0.2) is 48.5 Å². The lowest BCUT2D eigenvalue weighted by Gasteiger charge is -2.11. The fourth-order valence-electron chi connectivity index (χ4n) is 3.03. The molecule has 5 heteroatoms. The minimum Gasteiger partial charge on any atom is -0.207 e. The normalized spacial score (nSPS) is 11.0. The third-order valence-corrected chi connectivity index (χ3v) is 4.65. The van der Waals surface area contributed by atoms with Gasteiger partial charge in [0.15, 0.2) is 0 Å². The van der Waals surface area contributed by atoms with E-state index in [0.717, 1.165) is 43.0 Å². The maximum absolute atomic E-state index is 14.7. The maximum atomic E-state index is 14.7. The molecule has 0 N–H and O–H groups in total. The first-order valence-electron chi connectivity index (χ1n) is 8.63. The molecule has 0 aromatic heterocycles. The molecule has 140 valence electrons. The van der Waals surface area contributed by atoms with Crippen LogP contribution in [0.2, 0.25) is 5.02 Å². The van der Waals surface area contributed by atoms with Gasteiger partial charge in [-0.15, -0.1) is 0 Å². The van der Waals surface area contributed by atoms with Crippen LogP contribution in [0.4, 0.5) is 17.6 Å². The molecule has 0 spiro atoms. The maximum Gasteiger partial charge on any atom is 0.133 e. The Morgan fingerprint density at radius 1 is 0.778 bits per heavy atom. The minimum atomic E-state index is -0.835. The Hall–Kier alpha value is -2.33. The molecule has 0 heterocycles. The zero-order valence-corrected chi connectivity index (χ0v) is 15.4. The summed E-state index contributed by atoms with van der Waals surface area (Å²) >= 11 is 6.17. The molecule has 0 radical (unpaired) electrons. The first kappa shape index (κ1) is 19.4. The van der Waals surface area contributed by atoms with E-state index in [9.17, 15) is 17.6 Å². The number of rotatable bonds is 5. The van der Waals surface area contributed by atoms with Crippen molar-refractivity contribution in [1.29, 1.82) is 0 Å². The Labute approximate surface area is 160 Å².